The summed E-state index contributed by atoms with van der Waals surface area (Å²) < 4.78 is 15.4. The minimum Gasteiger partial charge on any atom is -0.469 e. The topological polar surface area (TPSA) is 62.4 Å². The molecule has 9 rings (SSSR count). The van der Waals surface area contributed by atoms with Crippen LogP contribution in [0.2, 0.25) is 0 Å². The number of hydrogen-bond acceptors (Lipinski definition) is 3. The molecule has 8 heterocycles. The van der Waals surface area contributed by atoms with Crippen LogP contribution >= 0.6 is 0 Å². The molecule has 7 heteroatoms. The van der Waals surface area contributed by atoms with Crippen LogP contribution in [-0.4, -0.2) is 54.0 Å². The van der Waals surface area contributed by atoms with E-state index in [-0.39, 0.29) is 17.8 Å². The predicted octanol–water partition coefficient (Wildman–Crippen LogP) is 3.01. The molecule has 0 aromatic carbocycles. The SMILES string of the molecule is C=Cc1c(C)c2n3c1C=c1c(C)c(CC)c4n1C31[N+]3=C(C=4)C(C)=C4C3=C(CC4O)C3=[N+]1C(=C2)C(C)C3CCC(=O)OC. The quantitative estimate of drug-likeness (QED) is 0.452. The highest BCUT2D eigenvalue weighted by Gasteiger charge is 2.76. The van der Waals surface area contributed by atoms with E-state index in [4.69, 9.17) is 4.74 Å². The van der Waals surface area contributed by atoms with Gasteiger partial charge in [-0.1, -0.05) is 35.7 Å². The lowest BCUT2D eigenvalue weighted by molar-refractivity contribution is -0.839. The number of aromatic nitrogens is 2. The van der Waals surface area contributed by atoms with Crippen LogP contribution in [0.3, 0.4) is 0 Å². The van der Waals surface area contributed by atoms with Crippen LogP contribution in [-0.2, 0) is 21.9 Å². The summed E-state index contributed by atoms with van der Waals surface area (Å²) in [4.78, 5) is 12.5. The minimum atomic E-state index is -0.738. The zero-order valence-electron chi connectivity index (χ0n) is 25.1. The van der Waals surface area contributed by atoms with Gasteiger partial charge in [0.05, 0.1) is 58.3 Å². The molecule has 2 aromatic heterocycles. The molecule has 1 N–H and O–H groups in total. The Bertz CT molecular complexity index is 2090. The molecular weight excluding hydrogens is 524 g/mol. The number of aliphatic hydroxyl groups is 1. The lowest BCUT2D eigenvalue weighted by atomic mass is 9.83. The lowest BCUT2D eigenvalue weighted by Gasteiger charge is -2.38. The first-order valence-electron chi connectivity index (χ1n) is 15.3. The van der Waals surface area contributed by atoms with E-state index in [0.717, 1.165) is 17.6 Å². The summed E-state index contributed by atoms with van der Waals surface area (Å²) in [6.07, 6.45) is 11.2. The standard InChI is InChI=1S/C35H36N4O3/c1-8-20-16(3)24-13-26-18(5)22(10-11-31(41)42-7)33-23-12-30(40)32-19(6)27-15-29-21(9-2)17(4)25-14-28(20)36(24)35(37(25)29,38(26)33)39(27)34(23)32/h8,13-15,18,22,30,40H,1,9-12H2,2-7H3/q+2. The van der Waals surface area contributed by atoms with E-state index in [1.165, 1.54) is 79.8 Å². The van der Waals surface area contributed by atoms with Crippen molar-refractivity contribution in [3.63, 3.8) is 0 Å². The number of aliphatic hydroxyl groups excluding tert-OH is 1. The van der Waals surface area contributed by atoms with Crippen molar-refractivity contribution in [2.45, 2.75) is 72.3 Å². The molecule has 0 saturated heterocycles. The van der Waals surface area contributed by atoms with Crippen LogP contribution in [0, 0.1) is 25.7 Å². The molecule has 6 aliphatic heterocycles. The molecule has 0 radical (unpaired) electrons. The van der Waals surface area contributed by atoms with Gasteiger partial charge in [0.1, 0.15) is 0 Å². The second kappa shape index (κ2) is 7.51. The van der Waals surface area contributed by atoms with Gasteiger partial charge in [-0.15, -0.1) is 0 Å². The van der Waals surface area contributed by atoms with Crippen LogP contribution < -0.4 is 10.7 Å². The predicted molar refractivity (Wildman–Crippen MR) is 161 cm³/mol. The van der Waals surface area contributed by atoms with E-state index >= 15 is 0 Å². The smallest absolute Gasteiger partial charge is 0.469 e. The first kappa shape index (κ1) is 24.6. The number of allylic oxidation sites excluding steroid dienone is 2. The third-order valence-electron chi connectivity index (χ3n) is 11.4. The first-order chi connectivity index (χ1) is 20.2. The van der Waals surface area contributed by atoms with Gasteiger partial charge >= 0.3 is 11.9 Å². The molecular formula is C35H36N4O3+2. The fourth-order valence-corrected chi connectivity index (χ4v) is 9.65. The third kappa shape index (κ3) is 2.29. The molecule has 2 aromatic rings. The van der Waals surface area contributed by atoms with Gasteiger partial charge < -0.3 is 9.84 Å². The Balaban J connectivity index is 1.52. The van der Waals surface area contributed by atoms with Gasteiger partial charge in [-0.25, -0.2) is 0 Å². The van der Waals surface area contributed by atoms with Gasteiger partial charge in [0, 0.05) is 36.1 Å². The van der Waals surface area contributed by atoms with Gasteiger partial charge in [0.25, 0.3) is 0 Å². The molecule has 0 fully saturated rings. The number of ether oxygens (including phenoxy) is 1. The third-order valence-corrected chi connectivity index (χ3v) is 11.4. The summed E-state index contributed by atoms with van der Waals surface area (Å²) in [7, 11) is 1.47. The van der Waals surface area contributed by atoms with Crippen molar-refractivity contribution >= 4 is 41.7 Å². The summed E-state index contributed by atoms with van der Waals surface area (Å²) in [6, 6.07) is 0. The number of hydrogen-bond donors (Lipinski definition) is 1. The maximum absolute atomic E-state index is 12.5. The zero-order chi connectivity index (χ0) is 29.1. The highest BCUT2D eigenvalue weighted by atomic mass is 16.5. The van der Waals surface area contributed by atoms with Crippen molar-refractivity contribution in [2.75, 3.05) is 7.11 Å². The Morgan fingerprint density at radius 1 is 1.14 bits per heavy atom. The average molecular weight is 561 g/mol. The maximum Gasteiger partial charge on any atom is 0.553 e. The summed E-state index contributed by atoms with van der Waals surface area (Å²) in [6.45, 7) is 15.5. The normalized spacial score (nSPS) is 28.3. The second-order valence-corrected chi connectivity index (χ2v) is 12.9. The number of rotatable bonds is 5. The van der Waals surface area contributed by atoms with Gasteiger partial charge in [-0.2, -0.15) is 9.13 Å². The van der Waals surface area contributed by atoms with E-state index in [1.54, 1.807) is 0 Å². The molecule has 4 unspecified atom stereocenters. The van der Waals surface area contributed by atoms with Gasteiger partial charge in [-0.05, 0) is 56.4 Å². The monoisotopic (exact) mass is 560 g/mol. The molecule has 7 aliphatic rings. The highest BCUT2D eigenvalue weighted by Crippen LogP contribution is 2.56. The lowest BCUT2D eigenvalue weighted by Crippen LogP contribution is -2.70. The van der Waals surface area contributed by atoms with Crippen molar-refractivity contribution in [3.8, 4) is 0 Å². The number of nitrogens with zero attached hydrogens (tertiary/aromatic N) is 4. The highest BCUT2D eigenvalue weighted by molar-refractivity contribution is 6.21. The Morgan fingerprint density at radius 3 is 2.64 bits per heavy atom. The Morgan fingerprint density at radius 2 is 1.93 bits per heavy atom. The van der Waals surface area contributed by atoms with E-state index in [2.05, 4.69) is 77.7 Å². The largest absolute Gasteiger partial charge is 0.553 e. The summed E-state index contributed by atoms with van der Waals surface area (Å²) in [5.74, 6) is -0.597. The number of fused-ring (bicyclic) bond motifs is 1. The van der Waals surface area contributed by atoms with E-state index in [9.17, 15) is 9.90 Å². The number of carbonyl (C=O) groups is 1. The molecule has 4 atom stereocenters. The molecule has 0 saturated carbocycles. The van der Waals surface area contributed by atoms with Crippen molar-refractivity contribution < 1.29 is 23.8 Å². The van der Waals surface area contributed by atoms with E-state index < -0.39 is 12.0 Å². The van der Waals surface area contributed by atoms with E-state index in [1.807, 2.05) is 6.08 Å². The second-order valence-electron chi connectivity index (χ2n) is 12.9. The van der Waals surface area contributed by atoms with Crippen LogP contribution in [0.5, 0.6) is 0 Å². The van der Waals surface area contributed by atoms with Crippen molar-refractivity contribution in [1.82, 2.24) is 9.13 Å². The molecule has 0 bridgehead atoms. The van der Waals surface area contributed by atoms with Crippen molar-refractivity contribution in [3.05, 3.63) is 79.0 Å². The Hall–Kier alpha value is -3.97. The van der Waals surface area contributed by atoms with Crippen LogP contribution in [0.4, 0.5) is 0 Å². The maximum atomic E-state index is 12.5. The van der Waals surface area contributed by atoms with Gasteiger partial charge in [-0.3, -0.25) is 4.79 Å². The zero-order valence-corrected chi connectivity index (χ0v) is 25.1. The Kier molecular flexibility index (Phi) is 4.40. The van der Waals surface area contributed by atoms with Crippen LogP contribution in [0.1, 0.15) is 73.7 Å². The molecule has 1 aliphatic carbocycles. The van der Waals surface area contributed by atoms with Gasteiger partial charge in [0.15, 0.2) is 5.70 Å². The molecule has 1 spiro atoms. The number of methoxy groups -OCH3 is 1. The molecule has 7 nitrogen and oxygen atoms in total. The number of esters is 1. The number of carbonyl (C=O) groups excluding carboxylic acids is 1. The average Bonchev–Trinajstić information content (AvgIpc) is 3.71. The van der Waals surface area contributed by atoms with Crippen LogP contribution in [0.15, 0.2) is 34.7 Å². The molecule has 42 heavy (non-hydrogen) atoms. The summed E-state index contributed by atoms with van der Waals surface area (Å²) in [5, 5.41) is 14.1. The minimum absolute atomic E-state index is 0.128. The Labute approximate surface area is 244 Å². The fourth-order valence-electron chi connectivity index (χ4n) is 9.65. The van der Waals surface area contributed by atoms with Gasteiger partial charge in [0.2, 0.25) is 17.1 Å². The summed E-state index contributed by atoms with van der Waals surface area (Å²) >= 11 is 0. The van der Waals surface area contributed by atoms with Crippen molar-refractivity contribution in [1.29, 1.82) is 0 Å². The van der Waals surface area contributed by atoms with Crippen LogP contribution in [0.25, 0.3) is 24.3 Å². The summed E-state index contributed by atoms with van der Waals surface area (Å²) in [5.41, 5.74) is 15.8. The fraction of sp³-hybridized carbons (Fsp3) is 0.400. The molecule has 0 amide bonds. The van der Waals surface area contributed by atoms with E-state index in [0.29, 0.717) is 19.3 Å². The molecule has 212 valence electrons. The first-order valence-corrected chi connectivity index (χ1v) is 15.3. The van der Waals surface area contributed by atoms with Crippen molar-refractivity contribution in [2.24, 2.45) is 11.8 Å².